The van der Waals surface area contributed by atoms with Crippen molar-refractivity contribution < 1.29 is 19.6 Å². The molecule has 2 aromatic heterocycles. The summed E-state index contributed by atoms with van der Waals surface area (Å²) in [6.45, 7) is 0.666. The van der Waals surface area contributed by atoms with E-state index in [1.165, 1.54) is 18.2 Å². The van der Waals surface area contributed by atoms with Gasteiger partial charge in [-0.15, -0.1) is 0 Å². The Bertz CT molecular complexity index is 1440. The summed E-state index contributed by atoms with van der Waals surface area (Å²) in [7, 11) is 1.60. The maximum atomic E-state index is 14.4. The number of nitrogens with zero attached hydrogens (tertiary/aromatic N) is 1. The number of quaternary nitrogens is 1. The maximum Gasteiger partial charge on any atom is 0.335 e. The Morgan fingerprint density at radius 2 is 2.00 bits per heavy atom. The lowest BCUT2D eigenvalue weighted by atomic mass is 9.95. The van der Waals surface area contributed by atoms with Gasteiger partial charge in [0.15, 0.2) is 6.04 Å². The lowest BCUT2D eigenvalue weighted by Gasteiger charge is -2.22. The molecule has 0 saturated heterocycles. The van der Waals surface area contributed by atoms with E-state index in [1.807, 2.05) is 23.5 Å². The van der Waals surface area contributed by atoms with Crippen LogP contribution in [0.25, 0.3) is 16.6 Å². The Labute approximate surface area is 174 Å². The second kappa shape index (κ2) is 7.13. The molecule has 0 radical (unpaired) electrons. The monoisotopic (exact) mass is 423 g/mol. The van der Waals surface area contributed by atoms with Crippen LogP contribution in [-0.4, -0.2) is 33.3 Å². The Kier molecular flexibility index (Phi) is 4.40. The van der Waals surface area contributed by atoms with E-state index in [-0.39, 0.29) is 11.3 Å². The van der Waals surface area contributed by atoms with Crippen LogP contribution in [0.4, 0.5) is 4.39 Å². The van der Waals surface area contributed by atoms with Gasteiger partial charge in [-0.25, -0.2) is 13.8 Å². The number of methoxy groups -OCH3 is 1. The van der Waals surface area contributed by atoms with E-state index in [0.29, 0.717) is 12.3 Å². The smallest absolute Gasteiger partial charge is 0.335 e. The first-order chi connectivity index (χ1) is 15.0. The molecule has 1 aliphatic rings. The molecule has 8 nitrogen and oxygen atoms in total. The van der Waals surface area contributed by atoms with E-state index in [0.717, 1.165) is 33.1 Å². The van der Waals surface area contributed by atoms with Crippen LogP contribution >= 0.6 is 0 Å². The molecular weight excluding hydrogens is 403 g/mol. The van der Waals surface area contributed by atoms with Crippen molar-refractivity contribution in [1.82, 2.24) is 14.5 Å². The molecule has 158 valence electrons. The van der Waals surface area contributed by atoms with Crippen molar-refractivity contribution in [3.05, 3.63) is 85.9 Å². The highest BCUT2D eigenvalue weighted by atomic mass is 19.1. The van der Waals surface area contributed by atoms with Crippen LogP contribution in [0.2, 0.25) is 0 Å². The molecule has 1 aliphatic heterocycles. The number of nitrogens with two attached hydrogens (primary N) is 1. The van der Waals surface area contributed by atoms with Crippen molar-refractivity contribution in [3.63, 3.8) is 0 Å². The average Bonchev–Trinajstić information content (AvgIpc) is 3.13. The van der Waals surface area contributed by atoms with Crippen LogP contribution in [0.5, 0.6) is 11.6 Å². The number of H-pyrrole nitrogens is 2. The minimum Gasteiger partial charge on any atom is -0.497 e. The quantitative estimate of drug-likeness (QED) is 0.394. The van der Waals surface area contributed by atoms with E-state index >= 15 is 0 Å². The first-order valence-corrected chi connectivity index (χ1v) is 9.84. The number of aromatic hydroxyl groups is 1. The summed E-state index contributed by atoms with van der Waals surface area (Å²) in [5.41, 5.74) is 0.888. The molecule has 4 aromatic rings. The molecule has 2 aromatic carbocycles. The summed E-state index contributed by atoms with van der Waals surface area (Å²) >= 11 is 0. The molecule has 0 bridgehead atoms. The van der Waals surface area contributed by atoms with Crippen LogP contribution in [0, 0.1) is 5.82 Å². The second-order valence-electron chi connectivity index (χ2n) is 7.46. The predicted molar refractivity (Wildman–Crippen MR) is 111 cm³/mol. The number of para-hydroxylation sites is 1. The fourth-order valence-electron chi connectivity index (χ4n) is 4.36. The molecule has 0 saturated carbocycles. The van der Waals surface area contributed by atoms with Crippen molar-refractivity contribution in [3.8, 4) is 17.3 Å². The molecule has 0 amide bonds. The normalized spacial score (nSPS) is 15.7. The number of nitrogens with one attached hydrogen (secondary N) is 2. The number of hydrogen-bond acceptors (Lipinski definition) is 4. The lowest BCUT2D eigenvalue weighted by molar-refractivity contribution is -0.690. The SMILES string of the molecule is COc1ccc2[nH]c3c(c2c1)CC[NH2+][C@@H]3c1c(O)n(-c2ccccc2F)c(=O)[nH]c1=O. The van der Waals surface area contributed by atoms with Crippen LogP contribution in [0.3, 0.4) is 0 Å². The zero-order chi connectivity index (χ0) is 21.7. The molecule has 5 N–H and O–H groups in total. The number of fused-ring (bicyclic) bond motifs is 3. The van der Waals surface area contributed by atoms with Crippen LogP contribution < -0.4 is 21.3 Å². The van der Waals surface area contributed by atoms with Gasteiger partial charge in [-0.1, -0.05) is 12.1 Å². The molecule has 31 heavy (non-hydrogen) atoms. The Morgan fingerprint density at radius 3 is 2.77 bits per heavy atom. The summed E-state index contributed by atoms with van der Waals surface area (Å²) in [5.74, 6) is -0.553. The third kappa shape index (κ3) is 2.93. The summed E-state index contributed by atoms with van der Waals surface area (Å²) in [6, 6.07) is 10.6. The van der Waals surface area contributed by atoms with E-state index in [2.05, 4.69) is 9.97 Å². The zero-order valence-corrected chi connectivity index (χ0v) is 16.6. The number of halogens is 1. The predicted octanol–water partition coefficient (Wildman–Crippen LogP) is 1.07. The number of aromatic nitrogens is 3. The first kappa shape index (κ1) is 19.1. The molecular formula is C22H20FN4O4+. The van der Waals surface area contributed by atoms with Crippen molar-refractivity contribution in [2.24, 2.45) is 0 Å². The van der Waals surface area contributed by atoms with Crippen molar-refractivity contribution in [2.75, 3.05) is 13.7 Å². The van der Waals surface area contributed by atoms with Gasteiger partial charge in [0.1, 0.15) is 17.1 Å². The van der Waals surface area contributed by atoms with E-state index in [4.69, 9.17) is 4.74 Å². The molecule has 5 rings (SSSR count). The van der Waals surface area contributed by atoms with Gasteiger partial charge >= 0.3 is 5.69 Å². The van der Waals surface area contributed by atoms with E-state index < -0.39 is 29.0 Å². The standard InChI is InChI=1S/C22H19FN4O4/c1-31-11-6-7-15-13(10-11)12-8-9-24-19(18(12)25-15)17-20(28)26-22(30)27(21(17)29)16-5-3-2-4-14(16)23/h2-7,10,19,24-25,29H,8-9H2,1H3,(H,26,28,30)/p+1/t19-/m1/s1. The van der Waals surface area contributed by atoms with Crippen LogP contribution in [0.1, 0.15) is 22.9 Å². The molecule has 3 heterocycles. The minimum absolute atomic E-state index is 0.0117. The van der Waals surface area contributed by atoms with Crippen molar-refractivity contribution in [1.29, 1.82) is 0 Å². The highest BCUT2D eigenvalue weighted by molar-refractivity contribution is 5.86. The number of benzene rings is 2. The average molecular weight is 423 g/mol. The fourth-order valence-corrected chi connectivity index (χ4v) is 4.36. The first-order valence-electron chi connectivity index (χ1n) is 9.84. The van der Waals surface area contributed by atoms with Gasteiger partial charge in [0.2, 0.25) is 5.88 Å². The Hall–Kier alpha value is -3.85. The van der Waals surface area contributed by atoms with Gasteiger partial charge in [-0.3, -0.25) is 9.78 Å². The second-order valence-corrected chi connectivity index (χ2v) is 7.46. The third-order valence-corrected chi connectivity index (χ3v) is 5.78. The minimum atomic E-state index is -0.909. The summed E-state index contributed by atoms with van der Waals surface area (Å²) < 4.78 is 20.5. The van der Waals surface area contributed by atoms with Gasteiger partial charge < -0.3 is 20.1 Å². The van der Waals surface area contributed by atoms with Gasteiger partial charge in [0, 0.05) is 17.3 Å². The number of rotatable bonds is 3. The van der Waals surface area contributed by atoms with E-state index in [1.54, 1.807) is 13.2 Å². The van der Waals surface area contributed by atoms with E-state index in [9.17, 15) is 19.1 Å². The Morgan fingerprint density at radius 1 is 1.19 bits per heavy atom. The number of aromatic amines is 2. The zero-order valence-electron chi connectivity index (χ0n) is 16.6. The molecule has 0 unspecified atom stereocenters. The molecule has 0 aliphatic carbocycles. The molecule has 1 atom stereocenters. The van der Waals surface area contributed by atoms with Crippen molar-refractivity contribution in [2.45, 2.75) is 12.5 Å². The van der Waals surface area contributed by atoms with Crippen LogP contribution in [-0.2, 0) is 6.42 Å². The fraction of sp³-hybridized carbons (Fsp3) is 0.182. The highest BCUT2D eigenvalue weighted by Gasteiger charge is 2.34. The van der Waals surface area contributed by atoms with Gasteiger partial charge in [0.25, 0.3) is 5.56 Å². The van der Waals surface area contributed by atoms with Crippen LogP contribution in [0.15, 0.2) is 52.1 Å². The highest BCUT2D eigenvalue weighted by Crippen LogP contribution is 2.34. The summed E-state index contributed by atoms with van der Waals surface area (Å²) in [5, 5.41) is 13.9. The molecule has 9 heteroatoms. The maximum absolute atomic E-state index is 14.4. The largest absolute Gasteiger partial charge is 0.497 e. The van der Waals surface area contributed by atoms with Crippen molar-refractivity contribution >= 4 is 10.9 Å². The summed E-state index contributed by atoms with van der Waals surface area (Å²) in [6.07, 6.45) is 0.755. The topological polar surface area (TPSA) is 117 Å². The lowest BCUT2D eigenvalue weighted by Crippen LogP contribution is -2.87. The van der Waals surface area contributed by atoms with Gasteiger partial charge in [-0.05, 0) is 35.9 Å². The molecule has 0 fully saturated rings. The summed E-state index contributed by atoms with van der Waals surface area (Å²) in [4.78, 5) is 30.8. The number of ether oxygens (including phenoxy) is 1. The molecule has 0 spiro atoms. The third-order valence-electron chi connectivity index (χ3n) is 5.78. The van der Waals surface area contributed by atoms with Gasteiger partial charge in [0.05, 0.1) is 25.0 Å². The number of hydrogen-bond donors (Lipinski definition) is 4. The van der Waals surface area contributed by atoms with Gasteiger partial charge in [-0.2, -0.15) is 0 Å². The Balaban J connectivity index is 1.74.